The lowest BCUT2D eigenvalue weighted by atomic mass is 9.94. The summed E-state index contributed by atoms with van der Waals surface area (Å²) in [4.78, 5) is 14.8. The second kappa shape index (κ2) is 7.20. The minimum atomic E-state index is -0.851. The molecule has 0 atom stereocenters. The Morgan fingerprint density at radius 2 is 2.10 bits per heavy atom. The molecule has 1 aromatic heterocycles. The second-order valence-electron chi connectivity index (χ2n) is 5.48. The summed E-state index contributed by atoms with van der Waals surface area (Å²) in [5.41, 5.74) is 1.09. The van der Waals surface area contributed by atoms with Gasteiger partial charge in [-0.3, -0.25) is 4.90 Å². The van der Waals surface area contributed by atoms with Crippen LogP contribution in [-0.4, -0.2) is 40.3 Å². The highest BCUT2D eigenvalue weighted by Crippen LogP contribution is 2.27. The number of hydrogen-bond acceptors (Lipinski definition) is 4. The normalized spacial score (nSPS) is 16.8. The first-order valence-corrected chi connectivity index (χ1v) is 8.11. The van der Waals surface area contributed by atoms with E-state index in [0.29, 0.717) is 17.5 Å². The summed E-state index contributed by atoms with van der Waals surface area (Å²) in [5.74, 6) is -0.851. The van der Waals surface area contributed by atoms with Crippen molar-refractivity contribution in [2.75, 3.05) is 13.2 Å². The van der Waals surface area contributed by atoms with E-state index in [1.165, 1.54) is 43.4 Å². The van der Waals surface area contributed by atoms with Crippen LogP contribution in [0.5, 0.6) is 0 Å². The topological polar surface area (TPSA) is 60.8 Å². The number of hydrogen-bond donors (Lipinski definition) is 2. The Morgan fingerprint density at radius 1 is 1.40 bits per heavy atom. The van der Waals surface area contributed by atoms with Crippen molar-refractivity contribution in [2.24, 2.45) is 0 Å². The van der Waals surface area contributed by atoms with Crippen LogP contribution in [0.25, 0.3) is 0 Å². The van der Waals surface area contributed by atoms with E-state index in [0.717, 1.165) is 17.0 Å². The van der Waals surface area contributed by atoms with E-state index in [1.54, 1.807) is 6.07 Å². The van der Waals surface area contributed by atoms with Gasteiger partial charge in [0.2, 0.25) is 0 Å². The predicted octanol–water partition coefficient (Wildman–Crippen LogP) is 2.88. The molecule has 1 aromatic rings. The molecule has 4 nitrogen and oxygen atoms in total. The maximum atomic E-state index is 11.0. The Hall–Kier alpha value is -0.910. The lowest BCUT2D eigenvalue weighted by Gasteiger charge is -2.34. The van der Waals surface area contributed by atoms with Gasteiger partial charge in [-0.25, -0.2) is 4.79 Å². The van der Waals surface area contributed by atoms with Crippen LogP contribution in [0.3, 0.4) is 0 Å². The summed E-state index contributed by atoms with van der Waals surface area (Å²) in [6, 6.07) is 2.32. The lowest BCUT2D eigenvalue weighted by Crippen LogP contribution is -2.38. The average Bonchev–Trinajstić information content (AvgIpc) is 2.81. The Morgan fingerprint density at radius 3 is 2.65 bits per heavy atom. The molecule has 1 saturated carbocycles. The number of carboxylic acids is 1. The van der Waals surface area contributed by atoms with E-state index in [9.17, 15) is 9.90 Å². The first-order chi connectivity index (χ1) is 9.61. The van der Waals surface area contributed by atoms with Gasteiger partial charge in [-0.1, -0.05) is 19.3 Å². The fourth-order valence-electron chi connectivity index (χ4n) is 2.97. The summed E-state index contributed by atoms with van der Waals surface area (Å²) in [7, 11) is 0. The van der Waals surface area contributed by atoms with Crippen LogP contribution in [0.1, 0.15) is 52.2 Å². The highest BCUT2D eigenvalue weighted by atomic mass is 32.1. The number of aryl methyl sites for hydroxylation is 1. The van der Waals surface area contributed by atoms with Gasteiger partial charge in [-0.15, -0.1) is 11.3 Å². The van der Waals surface area contributed by atoms with Gasteiger partial charge in [-0.05, 0) is 31.4 Å². The molecule has 1 fully saturated rings. The van der Waals surface area contributed by atoms with Crippen LogP contribution in [0.15, 0.2) is 6.07 Å². The molecule has 112 valence electrons. The van der Waals surface area contributed by atoms with E-state index >= 15 is 0 Å². The third kappa shape index (κ3) is 3.81. The van der Waals surface area contributed by atoms with Crippen molar-refractivity contribution >= 4 is 17.3 Å². The zero-order chi connectivity index (χ0) is 14.5. The zero-order valence-electron chi connectivity index (χ0n) is 12.0. The Kier molecular flexibility index (Phi) is 5.57. The molecule has 1 aliphatic carbocycles. The molecule has 0 radical (unpaired) electrons. The van der Waals surface area contributed by atoms with Crippen molar-refractivity contribution in [3.05, 3.63) is 21.4 Å². The van der Waals surface area contributed by atoms with Crippen molar-refractivity contribution < 1.29 is 15.0 Å². The molecular weight excluding hydrogens is 274 g/mol. The monoisotopic (exact) mass is 297 g/mol. The SMILES string of the molecule is Cc1sc(C(=O)O)cc1CN(CCO)C1CCCCC1. The molecule has 0 bridgehead atoms. The molecule has 0 aromatic carbocycles. The highest BCUT2D eigenvalue weighted by Gasteiger charge is 2.22. The van der Waals surface area contributed by atoms with E-state index in [4.69, 9.17) is 5.11 Å². The molecule has 5 heteroatoms. The number of carboxylic acid groups (broad SMARTS) is 1. The van der Waals surface area contributed by atoms with Gasteiger partial charge >= 0.3 is 5.97 Å². The lowest BCUT2D eigenvalue weighted by molar-refractivity contribution is 0.0702. The molecule has 0 unspecified atom stereocenters. The van der Waals surface area contributed by atoms with Crippen LogP contribution in [0.2, 0.25) is 0 Å². The van der Waals surface area contributed by atoms with Crippen LogP contribution >= 0.6 is 11.3 Å². The van der Waals surface area contributed by atoms with E-state index < -0.39 is 5.97 Å². The largest absolute Gasteiger partial charge is 0.477 e. The van der Waals surface area contributed by atoms with Gasteiger partial charge < -0.3 is 10.2 Å². The molecule has 2 N–H and O–H groups in total. The third-order valence-corrected chi connectivity index (χ3v) is 5.16. The second-order valence-corrected chi connectivity index (χ2v) is 6.74. The molecule has 20 heavy (non-hydrogen) atoms. The van der Waals surface area contributed by atoms with Gasteiger partial charge in [0.25, 0.3) is 0 Å². The Labute approximate surface area is 124 Å². The third-order valence-electron chi connectivity index (χ3n) is 4.08. The standard InChI is InChI=1S/C15H23NO3S/c1-11-12(9-14(20-11)15(18)19)10-16(7-8-17)13-5-3-2-4-6-13/h9,13,17H,2-8,10H2,1H3,(H,18,19). The van der Waals surface area contributed by atoms with Crippen LogP contribution in [0, 0.1) is 6.92 Å². The molecule has 0 spiro atoms. The Balaban J connectivity index is 2.08. The maximum Gasteiger partial charge on any atom is 0.345 e. The molecule has 0 amide bonds. The minimum Gasteiger partial charge on any atom is -0.477 e. The fourth-order valence-corrected chi connectivity index (χ4v) is 3.84. The maximum absolute atomic E-state index is 11.0. The molecule has 1 aliphatic rings. The summed E-state index contributed by atoms with van der Waals surface area (Å²) >= 11 is 1.34. The number of rotatable bonds is 6. The molecule has 2 rings (SSSR count). The number of aliphatic hydroxyl groups excluding tert-OH is 1. The average molecular weight is 297 g/mol. The number of carbonyl (C=O) groups is 1. The molecule has 1 heterocycles. The first-order valence-electron chi connectivity index (χ1n) is 7.29. The smallest absolute Gasteiger partial charge is 0.345 e. The van der Waals surface area contributed by atoms with Crippen molar-refractivity contribution in [1.82, 2.24) is 4.90 Å². The van der Waals surface area contributed by atoms with Crippen molar-refractivity contribution in [3.63, 3.8) is 0 Å². The van der Waals surface area contributed by atoms with Crippen molar-refractivity contribution in [1.29, 1.82) is 0 Å². The summed E-state index contributed by atoms with van der Waals surface area (Å²) in [6.07, 6.45) is 6.21. The Bertz CT molecular complexity index is 452. The predicted molar refractivity (Wildman–Crippen MR) is 80.4 cm³/mol. The van der Waals surface area contributed by atoms with Crippen LogP contribution < -0.4 is 0 Å². The van der Waals surface area contributed by atoms with E-state index in [-0.39, 0.29) is 6.61 Å². The summed E-state index contributed by atoms with van der Waals surface area (Å²) < 4.78 is 0. The van der Waals surface area contributed by atoms with E-state index in [2.05, 4.69) is 4.90 Å². The first kappa shape index (κ1) is 15.5. The molecule has 0 aliphatic heterocycles. The molecule has 0 saturated heterocycles. The van der Waals surface area contributed by atoms with Gasteiger partial charge in [-0.2, -0.15) is 0 Å². The number of aliphatic hydroxyl groups is 1. The fraction of sp³-hybridized carbons (Fsp3) is 0.667. The highest BCUT2D eigenvalue weighted by molar-refractivity contribution is 7.14. The number of thiophene rings is 1. The summed E-state index contributed by atoms with van der Waals surface area (Å²) in [5, 5.41) is 18.3. The quantitative estimate of drug-likeness (QED) is 0.847. The number of nitrogens with zero attached hydrogens (tertiary/aromatic N) is 1. The summed E-state index contributed by atoms with van der Waals surface area (Å²) in [6.45, 7) is 3.55. The minimum absolute atomic E-state index is 0.158. The van der Waals surface area contributed by atoms with Crippen molar-refractivity contribution in [3.8, 4) is 0 Å². The number of aromatic carboxylic acids is 1. The van der Waals surface area contributed by atoms with Crippen LogP contribution in [0.4, 0.5) is 0 Å². The molecular formula is C15H23NO3S. The van der Waals surface area contributed by atoms with E-state index in [1.807, 2.05) is 6.92 Å². The zero-order valence-corrected chi connectivity index (χ0v) is 12.8. The van der Waals surface area contributed by atoms with Gasteiger partial charge in [0.1, 0.15) is 4.88 Å². The van der Waals surface area contributed by atoms with Gasteiger partial charge in [0, 0.05) is 24.0 Å². The van der Waals surface area contributed by atoms with Gasteiger partial charge in [0.15, 0.2) is 0 Å². The van der Waals surface area contributed by atoms with Gasteiger partial charge in [0.05, 0.1) is 6.61 Å². The van der Waals surface area contributed by atoms with Crippen LogP contribution in [-0.2, 0) is 6.54 Å². The van der Waals surface area contributed by atoms with Crippen molar-refractivity contribution in [2.45, 2.75) is 51.6 Å².